The Kier molecular flexibility index (Phi) is 3.44. The summed E-state index contributed by atoms with van der Waals surface area (Å²) < 4.78 is 6.49. The van der Waals surface area contributed by atoms with Crippen LogP contribution in [-0.2, 0) is 9.53 Å². The number of esters is 1. The van der Waals surface area contributed by atoms with Crippen molar-refractivity contribution in [1.29, 1.82) is 0 Å². The Labute approximate surface area is 115 Å². The minimum atomic E-state index is -0.124. The van der Waals surface area contributed by atoms with Crippen LogP contribution in [0.3, 0.4) is 0 Å². The van der Waals surface area contributed by atoms with E-state index in [0.717, 1.165) is 25.2 Å². The van der Waals surface area contributed by atoms with Gasteiger partial charge in [0, 0.05) is 13.1 Å². The van der Waals surface area contributed by atoms with Crippen LogP contribution >= 0.6 is 0 Å². The second-order valence-electron chi connectivity index (χ2n) is 4.76. The van der Waals surface area contributed by atoms with Crippen LogP contribution in [0.15, 0.2) is 12.1 Å². The molecule has 0 amide bonds. The lowest BCUT2D eigenvalue weighted by atomic mass is 9.98. The van der Waals surface area contributed by atoms with Gasteiger partial charge >= 0.3 is 5.97 Å². The highest BCUT2D eigenvalue weighted by molar-refractivity contribution is 5.73. The number of piperidine rings is 1. The maximum Gasteiger partial charge on any atom is 0.310 e. The molecule has 0 aromatic carbocycles. The minimum absolute atomic E-state index is 0.0879. The van der Waals surface area contributed by atoms with E-state index in [2.05, 4.69) is 25.5 Å². The molecule has 0 radical (unpaired) electrons. The molecule has 1 saturated heterocycles. The third-order valence-corrected chi connectivity index (χ3v) is 3.42. The van der Waals surface area contributed by atoms with E-state index in [1.165, 1.54) is 4.63 Å². The van der Waals surface area contributed by atoms with E-state index < -0.39 is 0 Å². The predicted octanol–water partition coefficient (Wildman–Crippen LogP) is 0.299. The van der Waals surface area contributed by atoms with Crippen molar-refractivity contribution in [2.75, 3.05) is 24.6 Å². The van der Waals surface area contributed by atoms with Crippen molar-refractivity contribution < 1.29 is 9.53 Å². The highest BCUT2D eigenvalue weighted by Gasteiger charge is 2.27. The SMILES string of the molecule is CCOC(=O)[C@@H]1CCCN(c2ccc3nnnn3n2)C1. The van der Waals surface area contributed by atoms with Crippen LogP contribution in [0.4, 0.5) is 5.82 Å². The first kappa shape index (κ1) is 12.8. The average Bonchev–Trinajstić information content (AvgIpc) is 2.95. The second kappa shape index (κ2) is 5.40. The number of ether oxygens (including phenoxy) is 1. The summed E-state index contributed by atoms with van der Waals surface area (Å²) in [5, 5.41) is 15.5. The van der Waals surface area contributed by atoms with Crippen molar-refractivity contribution in [3.63, 3.8) is 0 Å². The molecule has 0 unspecified atom stereocenters. The molecule has 20 heavy (non-hydrogen) atoms. The van der Waals surface area contributed by atoms with Crippen LogP contribution in [-0.4, -0.2) is 50.9 Å². The van der Waals surface area contributed by atoms with Crippen LogP contribution in [0.2, 0.25) is 0 Å². The van der Waals surface area contributed by atoms with Crippen LogP contribution in [0, 0.1) is 5.92 Å². The summed E-state index contributed by atoms with van der Waals surface area (Å²) in [6.45, 7) is 3.74. The number of rotatable bonds is 3. The first-order chi connectivity index (χ1) is 9.78. The summed E-state index contributed by atoms with van der Waals surface area (Å²) in [5.41, 5.74) is 0.604. The number of fused-ring (bicyclic) bond motifs is 1. The molecule has 1 aliphatic rings. The molecule has 106 valence electrons. The lowest BCUT2D eigenvalue weighted by Gasteiger charge is -2.32. The zero-order chi connectivity index (χ0) is 13.9. The van der Waals surface area contributed by atoms with Crippen LogP contribution in [0.25, 0.3) is 5.65 Å². The monoisotopic (exact) mass is 276 g/mol. The summed E-state index contributed by atoms with van der Waals surface area (Å²) in [6.07, 6.45) is 1.81. The standard InChI is InChI=1S/C12H16N6O2/c1-2-20-12(19)9-4-3-7-17(8-9)11-6-5-10-13-15-16-18(10)14-11/h5-6,9H,2-4,7-8H2,1H3/t9-/m1/s1. The van der Waals surface area contributed by atoms with Crippen LogP contribution in [0.1, 0.15) is 19.8 Å². The summed E-state index contributed by atoms with van der Waals surface area (Å²) in [7, 11) is 0. The van der Waals surface area contributed by atoms with Gasteiger partial charge in [-0.05, 0) is 42.3 Å². The third kappa shape index (κ3) is 2.40. The predicted molar refractivity (Wildman–Crippen MR) is 70.1 cm³/mol. The molecule has 2 aromatic heterocycles. The highest BCUT2D eigenvalue weighted by atomic mass is 16.5. The Bertz CT molecular complexity index is 613. The first-order valence-corrected chi connectivity index (χ1v) is 6.75. The van der Waals surface area contributed by atoms with Gasteiger partial charge in [0.15, 0.2) is 11.5 Å². The van der Waals surface area contributed by atoms with Gasteiger partial charge < -0.3 is 9.64 Å². The Hall–Kier alpha value is -2.25. The van der Waals surface area contributed by atoms with Gasteiger partial charge in [0.1, 0.15) is 0 Å². The van der Waals surface area contributed by atoms with Crippen molar-refractivity contribution in [2.45, 2.75) is 19.8 Å². The van der Waals surface area contributed by atoms with Crippen molar-refractivity contribution in [2.24, 2.45) is 5.92 Å². The summed E-state index contributed by atoms with van der Waals surface area (Å²) in [6, 6.07) is 3.69. The van der Waals surface area contributed by atoms with Gasteiger partial charge in [-0.25, -0.2) is 0 Å². The number of hydrogen-bond acceptors (Lipinski definition) is 7. The minimum Gasteiger partial charge on any atom is -0.466 e. The number of carbonyl (C=O) groups is 1. The van der Waals surface area contributed by atoms with E-state index in [9.17, 15) is 4.79 Å². The maximum absolute atomic E-state index is 11.8. The molecule has 0 aliphatic carbocycles. The van der Waals surface area contributed by atoms with Gasteiger partial charge in [0.25, 0.3) is 0 Å². The molecule has 0 spiro atoms. The van der Waals surface area contributed by atoms with Gasteiger partial charge in [-0.2, -0.15) is 0 Å². The fraction of sp³-hybridized carbons (Fsp3) is 0.583. The molecule has 8 nitrogen and oxygen atoms in total. The molecule has 2 aromatic rings. The molecular weight excluding hydrogens is 260 g/mol. The topological polar surface area (TPSA) is 85.5 Å². The van der Waals surface area contributed by atoms with Crippen molar-refractivity contribution in [3.05, 3.63) is 12.1 Å². The van der Waals surface area contributed by atoms with E-state index in [-0.39, 0.29) is 11.9 Å². The highest BCUT2D eigenvalue weighted by Crippen LogP contribution is 2.22. The van der Waals surface area contributed by atoms with Gasteiger partial charge in [-0.3, -0.25) is 4.79 Å². The third-order valence-electron chi connectivity index (χ3n) is 3.42. The Balaban J connectivity index is 1.77. The number of tetrazole rings is 1. The zero-order valence-corrected chi connectivity index (χ0v) is 11.3. The number of anilines is 1. The largest absolute Gasteiger partial charge is 0.466 e. The lowest BCUT2D eigenvalue weighted by molar-refractivity contribution is -0.148. The van der Waals surface area contributed by atoms with Crippen molar-refractivity contribution in [1.82, 2.24) is 25.3 Å². The van der Waals surface area contributed by atoms with E-state index in [1.807, 2.05) is 19.1 Å². The molecule has 0 bridgehead atoms. The van der Waals surface area contributed by atoms with E-state index in [4.69, 9.17) is 4.74 Å². The normalized spacial score (nSPS) is 19.2. The number of carbonyl (C=O) groups excluding carboxylic acids is 1. The first-order valence-electron chi connectivity index (χ1n) is 6.75. The van der Waals surface area contributed by atoms with Gasteiger partial charge in [0.2, 0.25) is 0 Å². The maximum atomic E-state index is 11.8. The fourth-order valence-corrected chi connectivity index (χ4v) is 2.45. The number of aromatic nitrogens is 5. The molecule has 3 heterocycles. The van der Waals surface area contributed by atoms with E-state index >= 15 is 0 Å². The molecule has 0 N–H and O–H groups in total. The fourth-order valence-electron chi connectivity index (χ4n) is 2.45. The van der Waals surface area contributed by atoms with E-state index in [0.29, 0.717) is 18.8 Å². The molecule has 1 fully saturated rings. The summed E-state index contributed by atoms with van der Waals surface area (Å²) in [5.74, 6) is 0.564. The van der Waals surface area contributed by atoms with Gasteiger partial charge in [-0.1, -0.05) is 0 Å². The number of nitrogens with zero attached hydrogens (tertiary/aromatic N) is 6. The molecule has 8 heteroatoms. The molecule has 0 saturated carbocycles. The Morgan fingerprint density at radius 2 is 2.40 bits per heavy atom. The zero-order valence-electron chi connectivity index (χ0n) is 11.3. The van der Waals surface area contributed by atoms with Crippen molar-refractivity contribution in [3.8, 4) is 0 Å². The summed E-state index contributed by atoms with van der Waals surface area (Å²) >= 11 is 0. The van der Waals surface area contributed by atoms with Gasteiger partial charge in [-0.15, -0.1) is 14.8 Å². The van der Waals surface area contributed by atoms with Gasteiger partial charge in [0.05, 0.1) is 12.5 Å². The Morgan fingerprint density at radius 3 is 3.25 bits per heavy atom. The average molecular weight is 276 g/mol. The summed E-state index contributed by atoms with van der Waals surface area (Å²) in [4.78, 5) is 13.9. The molecule has 1 aliphatic heterocycles. The van der Waals surface area contributed by atoms with Crippen LogP contribution in [0.5, 0.6) is 0 Å². The van der Waals surface area contributed by atoms with Crippen molar-refractivity contribution >= 4 is 17.4 Å². The van der Waals surface area contributed by atoms with E-state index in [1.54, 1.807) is 0 Å². The lowest BCUT2D eigenvalue weighted by Crippen LogP contribution is -2.40. The quantitative estimate of drug-likeness (QED) is 0.745. The molecular formula is C12H16N6O2. The second-order valence-corrected chi connectivity index (χ2v) is 4.76. The smallest absolute Gasteiger partial charge is 0.310 e. The molecule has 1 atom stereocenters. The van der Waals surface area contributed by atoms with Crippen LogP contribution < -0.4 is 4.90 Å². The number of hydrogen-bond donors (Lipinski definition) is 0. The molecule has 3 rings (SSSR count). The Morgan fingerprint density at radius 1 is 1.50 bits per heavy atom.